The fraction of sp³-hybridized carbons (Fsp3) is 0.0588. The number of aryl methyl sites for hydroxylation is 1. The van der Waals surface area contributed by atoms with Crippen LogP contribution in [-0.2, 0) is 0 Å². The standard InChI is InChI=1S/C17H15N3O/c1-12-6-2-5-9-16(12)20-17(18)15(10-19-20)14-8-4-3-7-13(14)11-21/h2-11H,18H2,1H3. The van der Waals surface area contributed by atoms with Crippen LogP contribution in [0.4, 0.5) is 5.82 Å². The third-order valence-corrected chi connectivity index (χ3v) is 3.53. The van der Waals surface area contributed by atoms with Crippen LogP contribution in [0.1, 0.15) is 15.9 Å². The molecule has 4 nitrogen and oxygen atoms in total. The van der Waals surface area contributed by atoms with E-state index >= 15 is 0 Å². The average Bonchev–Trinajstić information content (AvgIpc) is 2.89. The quantitative estimate of drug-likeness (QED) is 0.748. The summed E-state index contributed by atoms with van der Waals surface area (Å²) in [5, 5.41) is 4.37. The molecule has 0 spiro atoms. The summed E-state index contributed by atoms with van der Waals surface area (Å²) in [6.45, 7) is 2.01. The Morgan fingerprint density at radius 3 is 2.52 bits per heavy atom. The SMILES string of the molecule is Cc1ccccc1-n1ncc(-c2ccccc2C=O)c1N. The molecule has 0 saturated heterocycles. The zero-order valence-electron chi connectivity index (χ0n) is 11.7. The molecule has 0 aliphatic rings. The predicted molar refractivity (Wildman–Crippen MR) is 83.5 cm³/mol. The van der Waals surface area contributed by atoms with Crippen LogP contribution in [0, 0.1) is 6.92 Å². The van der Waals surface area contributed by atoms with Gasteiger partial charge in [-0.3, -0.25) is 4.79 Å². The number of rotatable bonds is 3. The van der Waals surface area contributed by atoms with Gasteiger partial charge in [0.2, 0.25) is 0 Å². The van der Waals surface area contributed by atoms with Crippen LogP contribution in [0.3, 0.4) is 0 Å². The number of carbonyl (C=O) groups is 1. The maximum absolute atomic E-state index is 11.2. The van der Waals surface area contributed by atoms with Gasteiger partial charge in [0.15, 0.2) is 6.29 Å². The summed E-state index contributed by atoms with van der Waals surface area (Å²) in [4.78, 5) is 11.2. The second-order valence-corrected chi connectivity index (χ2v) is 4.85. The number of aldehydes is 1. The average molecular weight is 277 g/mol. The number of nitrogen functional groups attached to an aromatic ring is 1. The maximum Gasteiger partial charge on any atom is 0.150 e. The van der Waals surface area contributed by atoms with Gasteiger partial charge in [-0.25, -0.2) is 4.68 Å². The highest BCUT2D eigenvalue weighted by Crippen LogP contribution is 2.30. The largest absolute Gasteiger partial charge is 0.383 e. The number of nitrogens with two attached hydrogens (primary N) is 1. The lowest BCUT2D eigenvalue weighted by Crippen LogP contribution is -2.04. The highest BCUT2D eigenvalue weighted by atomic mass is 16.1. The van der Waals surface area contributed by atoms with Crippen LogP contribution in [0.25, 0.3) is 16.8 Å². The molecule has 1 heterocycles. The second kappa shape index (κ2) is 5.25. The summed E-state index contributed by atoms with van der Waals surface area (Å²) in [7, 11) is 0. The van der Waals surface area contributed by atoms with Crippen molar-refractivity contribution < 1.29 is 4.79 Å². The summed E-state index contributed by atoms with van der Waals surface area (Å²) < 4.78 is 1.70. The Hall–Kier alpha value is -2.88. The molecule has 3 rings (SSSR count). The lowest BCUT2D eigenvalue weighted by Gasteiger charge is -2.09. The number of aromatic nitrogens is 2. The van der Waals surface area contributed by atoms with Crippen LogP contribution in [0.2, 0.25) is 0 Å². The van der Waals surface area contributed by atoms with E-state index in [1.807, 2.05) is 49.4 Å². The number of para-hydroxylation sites is 1. The van der Waals surface area contributed by atoms with E-state index in [0.717, 1.165) is 28.7 Å². The normalized spacial score (nSPS) is 10.5. The molecule has 3 aromatic rings. The monoisotopic (exact) mass is 277 g/mol. The van der Waals surface area contributed by atoms with E-state index in [0.29, 0.717) is 11.4 Å². The topological polar surface area (TPSA) is 60.9 Å². The van der Waals surface area contributed by atoms with E-state index in [1.54, 1.807) is 16.9 Å². The van der Waals surface area contributed by atoms with Crippen molar-refractivity contribution in [3.63, 3.8) is 0 Å². The second-order valence-electron chi connectivity index (χ2n) is 4.85. The van der Waals surface area contributed by atoms with Gasteiger partial charge in [0, 0.05) is 11.1 Å². The van der Waals surface area contributed by atoms with Crippen LogP contribution < -0.4 is 5.73 Å². The smallest absolute Gasteiger partial charge is 0.150 e. The molecule has 2 N–H and O–H groups in total. The number of hydrogen-bond acceptors (Lipinski definition) is 3. The Labute approximate surface area is 122 Å². The first kappa shape index (κ1) is 13.1. The Balaban J connectivity index is 2.16. The summed E-state index contributed by atoms with van der Waals surface area (Å²) in [6.07, 6.45) is 2.53. The molecule has 104 valence electrons. The first-order valence-electron chi connectivity index (χ1n) is 6.66. The maximum atomic E-state index is 11.2. The van der Waals surface area contributed by atoms with Crippen LogP contribution >= 0.6 is 0 Å². The summed E-state index contributed by atoms with van der Waals surface area (Å²) in [5.41, 5.74) is 10.4. The summed E-state index contributed by atoms with van der Waals surface area (Å²) in [6, 6.07) is 15.3. The molecule has 0 unspecified atom stereocenters. The molecule has 1 aromatic heterocycles. The van der Waals surface area contributed by atoms with Gasteiger partial charge in [-0.05, 0) is 24.1 Å². The lowest BCUT2D eigenvalue weighted by atomic mass is 10.0. The Morgan fingerprint density at radius 2 is 1.76 bits per heavy atom. The zero-order chi connectivity index (χ0) is 14.8. The molecule has 0 radical (unpaired) electrons. The molecule has 0 atom stereocenters. The Morgan fingerprint density at radius 1 is 1.05 bits per heavy atom. The Kier molecular flexibility index (Phi) is 3.28. The van der Waals surface area contributed by atoms with Gasteiger partial charge in [-0.15, -0.1) is 0 Å². The van der Waals surface area contributed by atoms with Gasteiger partial charge in [0.05, 0.1) is 11.9 Å². The van der Waals surface area contributed by atoms with Crippen molar-refractivity contribution >= 4 is 12.1 Å². The van der Waals surface area contributed by atoms with Gasteiger partial charge in [-0.2, -0.15) is 5.10 Å². The number of benzene rings is 2. The van der Waals surface area contributed by atoms with Crippen molar-refractivity contribution in [1.82, 2.24) is 9.78 Å². The highest BCUT2D eigenvalue weighted by molar-refractivity contribution is 5.90. The third kappa shape index (κ3) is 2.21. The van der Waals surface area contributed by atoms with Gasteiger partial charge < -0.3 is 5.73 Å². The number of anilines is 1. The minimum atomic E-state index is 0.526. The van der Waals surface area contributed by atoms with Crippen molar-refractivity contribution in [2.45, 2.75) is 6.92 Å². The molecule has 21 heavy (non-hydrogen) atoms. The van der Waals surface area contributed by atoms with E-state index in [4.69, 9.17) is 5.73 Å². The fourth-order valence-corrected chi connectivity index (χ4v) is 2.40. The first-order chi connectivity index (χ1) is 10.2. The molecule has 0 aliphatic heterocycles. The van der Waals surface area contributed by atoms with Gasteiger partial charge in [0.25, 0.3) is 0 Å². The lowest BCUT2D eigenvalue weighted by molar-refractivity contribution is 0.112. The molecule has 0 saturated carbocycles. The van der Waals surface area contributed by atoms with E-state index < -0.39 is 0 Å². The minimum absolute atomic E-state index is 0.526. The summed E-state index contributed by atoms with van der Waals surface area (Å²) in [5.74, 6) is 0.526. The van der Waals surface area contributed by atoms with E-state index in [1.165, 1.54) is 0 Å². The fourth-order valence-electron chi connectivity index (χ4n) is 2.40. The molecule has 2 aromatic carbocycles. The zero-order valence-corrected chi connectivity index (χ0v) is 11.7. The van der Waals surface area contributed by atoms with E-state index in [2.05, 4.69) is 5.10 Å². The van der Waals surface area contributed by atoms with E-state index in [9.17, 15) is 4.79 Å². The van der Waals surface area contributed by atoms with Crippen molar-refractivity contribution in [2.75, 3.05) is 5.73 Å². The van der Waals surface area contributed by atoms with Gasteiger partial charge in [0.1, 0.15) is 5.82 Å². The van der Waals surface area contributed by atoms with Crippen molar-refractivity contribution in [2.24, 2.45) is 0 Å². The van der Waals surface area contributed by atoms with Gasteiger partial charge in [-0.1, -0.05) is 42.5 Å². The van der Waals surface area contributed by atoms with Crippen LogP contribution in [0.15, 0.2) is 54.7 Å². The highest BCUT2D eigenvalue weighted by Gasteiger charge is 2.14. The third-order valence-electron chi connectivity index (χ3n) is 3.53. The van der Waals surface area contributed by atoms with Gasteiger partial charge >= 0.3 is 0 Å². The first-order valence-corrected chi connectivity index (χ1v) is 6.66. The minimum Gasteiger partial charge on any atom is -0.383 e. The Bertz CT molecular complexity index is 805. The van der Waals surface area contributed by atoms with Crippen LogP contribution in [-0.4, -0.2) is 16.1 Å². The predicted octanol–water partition coefficient (Wildman–Crippen LogP) is 3.24. The molecule has 0 aliphatic carbocycles. The molecule has 0 fully saturated rings. The molecule has 4 heteroatoms. The van der Waals surface area contributed by atoms with Crippen molar-refractivity contribution in [3.8, 4) is 16.8 Å². The summed E-state index contributed by atoms with van der Waals surface area (Å²) >= 11 is 0. The molecule has 0 bridgehead atoms. The van der Waals surface area contributed by atoms with Crippen molar-refractivity contribution in [3.05, 3.63) is 65.9 Å². The molecule has 0 amide bonds. The number of nitrogens with zero attached hydrogens (tertiary/aromatic N) is 2. The van der Waals surface area contributed by atoms with Crippen molar-refractivity contribution in [1.29, 1.82) is 0 Å². The molecular formula is C17H15N3O. The number of hydrogen-bond donors (Lipinski definition) is 1. The molecular weight excluding hydrogens is 262 g/mol. The van der Waals surface area contributed by atoms with E-state index in [-0.39, 0.29) is 0 Å². The van der Waals surface area contributed by atoms with Crippen LogP contribution in [0.5, 0.6) is 0 Å². The number of carbonyl (C=O) groups excluding carboxylic acids is 1.